The minimum Gasteiger partial charge on any atom is -0.464 e. The molecule has 8 nitrogen and oxygen atoms in total. The van der Waals surface area contributed by atoms with Gasteiger partial charge >= 0.3 is 0 Å². The van der Waals surface area contributed by atoms with Crippen LogP contribution < -0.4 is 9.47 Å². The molecule has 1 aromatic heterocycles. The van der Waals surface area contributed by atoms with Crippen LogP contribution in [0.4, 0.5) is 0 Å². The SMILES string of the molecule is Cc1ccc(CN(Cc2ccc3c(c2)OCO3)C(=O)CN(C[C@@H]2CCCO2)C(=O)c2ccccc2C)o1. The molecule has 0 radical (unpaired) electrons. The average molecular weight is 505 g/mol. The molecular formula is C29H32N2O6. The van der Waals surface area contributed by atoms with E-state index in [2.05, 4.69) is 0 Å². The fourth-order valence-electron chi connectivity index (χ4n) is 4.75. The summed E-state index contributed by atoms with van der Waals surface area (Å²) in [6, 6.07) is 16.9. The van der Waals surface area contributed by atoms with Gasteiger partial charge in [-0.1, -0.05) is 24.3 Å². The van der Waals surface area contributed by atoms with Crippen LogP contribution in [-0.4, -0.2) is 54.2 Å². The summed E-state index contributed by atoms with van der Waals surface area (Å²) in [4.78, 5) is 30.7. The first-order valence-electron chi connectivity index (χ1n) is 12.6. The maximum Gasteiger partial charge on any atom is 0.254 e. The molecule has 3 aromatic rings. The first-order chi connectivity index (χ1) is 18.0. The van der Waals surface area contributed by atoms with Crippen LogP contribution >= 0.6 is 0 Å². The minimum absolute atomic E-state index is 0.0583. The van der Waals surface area contributed by atoms with Gasteiger partial charge in [0.2, 0.25) is 12.7 Å². The third kappa shape index (κ3) is 5.97. The summed E-state index contributed by atoms with van der Waals surface area (Å²) in [7, 11) is 0. The Hall–Kier alpha value is -3.78. The molecule has 1 fully saturated rings. The molecule has 0 saturated carbocycles. The molecule has 194 valence electrons. The van der Waals surface area contributed by atoms with E-state index in [1.54, 1.807) is 15.9 Å². The van der Waals surface area contributed by atoms with Crippen molar-refractivity contribution in [2.24, 2.45) is 0 Å². The number of carbonyl (C=O) groups excluding carboxylic acids is 2. The van der Waals surface area contributed by atoms with Crippen LogP contribution in [0, 0.1) is 13.8 Å². The molecule has 1 saturated heterocycles. The second-order valence-corrected chi connectivity index (χ2v) is 9.59. The largest absolute Gasteiger partial charge is 0.464 e. The standard InChI is InChI=1S/C29H32N2O6/c1-20-6-3-4-8-25(20)29(33)31(16-23-7-5-13-34-23)18-28(32)30(17-24-11-9-21(2)37-24)15-22-10-12-26-27(14-22)36-19-35-26/h3-4,6,8-12,14,23H,5,7,13,15-19H2,1-2H3/t23-/m0/s1. The number of furan rings is 1. The highest BCUT2D eigenvalue weighted by Gasteiger charge is 2.28. The normalized spacial score (nSPS) is 16.1. The fraction of sp³-hybridized carbons (Fsp3) is 0.379. The van der Waals surface area contributed by atoms with Crippen molar-refractivity contribution in [3.05, 3.63) is 82.8 Å². The van der Waals surface area contributed by atoms with Crippen molar-refractivity contribution in [2.45, 2.75) is 45.9 Å². The van der Waals surface area contributed by atoms with Gasteiger partial charge in [-0.05, 0) is 68.1 Å². The Balaban J connectivity index is 1.38. The molecule has 3 heterocycles. The number of rotatable bonds is 9. The summed E-state index contributed by atoms with van der Waals surface area (Å²) >= 11 is 0. The zero-order chi connectivity index (χ0) is 25.8. The van der Waals surface area contributed by atoms with Gasteiger partial charge < -0.3 is 28.4 Å². The van der Waals surface area contributed by atoms with Crippen molar-refractivity contribution in [1.29, 1.82) is 0 Å². The number of hydrogen-bond acceptors (Lipinski definition) is 6. The summed E-state index contributed by atoms with van der Waals surface area (Å²) in [6.07, 6.45) is 1.76. The lowest BCUT2D eigenvalue weighted by molar-refractivity contribution is -0.133. The Morgan fingerprint density at radius 1 is 0.946 bits per heavy atom. The Bertz CT molecular complexity index is 1260. The predicted octanol–water partition coefficient (Wildman–Crippen LogP) is 4.48. The Morgan fingerprint density at radius 3 is 2.54 bits per heavy atom. The molecule has 37 heavy (non-hydrogen) atoms. The van der Waals surface area contributed by atoms with Gasteiger partial charge in [-0.2, -0.15) is 0 Å². The second-order valence-electron chi connectivity index (χ2n) is 9.59. The summed E-state index contributed by atoms with van der Waals surface area (Å²) in [5, 5.41) is 0. The van der Waals surface area contributed by atoms with Crippen LogP contribution in [0.1, 0.15) is 45.8 Å². The fourth-order valence-corrected chi connectivity index (χ4v) is 4.75. The molecular weight excluding hydrogens is 472 g/mol. The van der Waals surface area contributed by atoms with Crippen molar-refractivity contribution in [3.8, 4) is 11.5 Å². The van der Waals surface area contributed by atoms with Crippen LogP contribution in [0.25, 0.3) is 0 Å². The van der Waals surface area contributed by atoms with Crippen molar-refractivity contribution in [1.82, 2.24) is 9.80 Å². The molecule has 0 aliphatic carbocycles. The number of aryl methyl sites for hydroxylation is 2. The van der Waals surface area contributed by atoms with Crippen LogP contribution in [0.5, 0.6) is 11.5 Å². The van der Waals surface area contributed by atoms with Crippen molar-refractivity contribution in [2.75, 3.05) is 26.5 Å². The monoisotopic (exact) mass is 504 g/mol. The lowest BCUT2D eigenvalue weighted by Gasteiger charge is -2.29. The summed E-state index contributed by atoms with van der Waals surface area (Å²) in [5.74, 6) is 2.47. The summed E-state index contributed by atoms with van der Waals surface area (Å²) in [6.45, 7) is 5.58. The van der Waals surface area contributed by atoms with Gasteiger partial charge in [0.05, 0.1) is 12.6 Å². The number of benzene rings is 2. The van der Waals surface area contributed by atoms with Gasteiger partial charge in [0, 0.05) is 25.3 Å². The lowest BCUT2D eigenvalue weighted by atomic mass is 10.1. The van der Waals surface area contributed by atoms with Gasteiger partial charge in [0.25, 0.3) is 5.91 Å². The zero-order valence-electron chi connectivity index (χ0n) is 21.3. The van der Waals surface area contributed by atoms with Crippen molar-refractivity contribution < 1.29 is 28.2 Å². The number of carbonyl (C=O) groups is 2. The molecule has 8 heteroatoms. The third-order valence-corrected chi connectivity index (χ3v) is 6.74. The van der Waals surface area contributed by atoms with E-state index in [0.29, 0.717) is 42.5 Å². The van der Waals surface area contributed by atoms with E-state index < -0.39 is 0 Å². The summed E-state index contributed by atoms with van der Waals surface area (Å²) in [5.41, 5.74) is 2.37. The van der Waals surface area contributed by atoms with Crippen LogP contribution in [0.2, 0.25) is 0 Å². The van der Waals surface area contributed by atoms with E-state index >= 15 is 0 Å². The number of ether oxygens (including phenoxy) is 3. The second kappa shape index (κ2) is 11.1. The zero-order valence-corrected chi connectivity index (χ0v) is 21.3. The molecule has 2 aliphatic heterocycles. The molecule has 0 N–H and O–H groups in total. The molecule has 5 rings (SSSR count). The Kier molecular flexibility index (Phi) is 7.46. The maximum atomic E-state index is 13.8. The molecule has 0 spiro atoms. The number of amides is 2. The smallest absolute Gasteiger partial charge is 0.254 e. The lowest BCUT2D eigenvalue weighted by Crippen LogP contribution is -2.45. The quantitative estimate of drug-likeness (QED) is 0.428. The van der Waals surface area contributed by atoms with Crippen LogP contribution in [0.3, 0.4) is 0 Å². The molecule has 2 aliphatic rings. The highest BCUT2D eigenvalue weighted by atomic mass is 16.7. The maximum absolute atomic E-state index is 13.8. The van der Waals surface area contributed by atoms with Crippen LogP contribution in [-0.2, 0) is 22.6 Å². The topological polar surface area (TPSA) is 81.5 Å². The van der Waals surface area contributed by atoms with E-state index in [4.69, 9.17) is 18.6 Å². The molecule has 0 unspecified atom stereocenters. The first kappa shape index (κ1) is 24.9. The number of fused-ring (bicyclic) bond motifs is 1. The van der Waals surface area contributed by atoms with Crippen molar-refractivity contribution in [3.63, 3.8) is 0 Å². The number of nitrogens with zero attached hydrogens (tertiary/aromatic N) is 2. The van der Waals surface area contributed by atoms with Crippen molar-refractivity contribution >= 4 is 11.8 Å². The number of hydrogen-bond donors (Lipinski definition) is 0. The molecule has 1 atom stereocenters. The van der Waals surface area contributed by atoms with Gasteiger partial charge in [-0.3, -0.25) is 9.59 Å². The minimum atomic E-state index is -0.174. The highest BCUT2D eigenvalue weighted by Crippen LogP contribution is 2.33. The van der Waals surface area contributed by atoms with Gasteiger partial charge in [0.1, 0.15) is 18.1 Å². The molecule has 2 aromatic carbocycles. The third-order valence-electron chi connectivity index (χ3n) is 6.74. The predicted molar refractivity (Wildman–Crippen MR) is 136 cm³/mol. The Morgan fingerprint density at radius 2 is 1.78 bits per heavy atom. The van der Waals surface area contributed by atoms with E-state index in [1.807, 2.05) is 62.4 Å². The molecule has 2 amide bonds. The highest BCUT2D eigenvalue weighted by molar-refractivity contribution is 5.97. The molecule has 0 bridgehead atoms. The van der Waals surface area contributed by atoms with E-state index in [0.717, 1.165) is 29.7 Å². The van der Waals surface area contributed by atoms with E-state index in [9.17, 15) is 9.59 Å². The van der Waals surface area contributed by atoms with Gasteiger partial charge in [-0.15, -0.1) is 0 Å². The Labute approximate surface area is 216 Å². The van der Waals surface area contributed by atoms with Gasteiger partial charge in [-0.25, -0.2) is 0 Å². The van der Waals surface area contributed by atoms with E-state index in [1.165, 1.54) is 0 Å². The van der Waals surface area contributed by atoms with Crippen LogP contribution in [0.15, 0.2) is 59.0 Å². The first-order valence-corrected chi connectivity index (χ1v) is 12.6. The van der Waals surface area contributed by atoms with E-state index in [-0.39, 0.29) is 37.8 Å². The van der Waals surface area contributed by atoms with Gasteiger partial charge in [0.15, 0.2) is 11.5 Å². The summed E-state index contributed by atoms with van der Waals surface area (Å²) < 4.78 is 22.5. The average Bonchev–Trinajstić information content (AvgIpc) is 3.65.